The summed E-state index contributed by atoms with van der Waals surface area (Å²) in [4.78, 5) is 17.1. The van der Waals surface area contributed by atoms with Crippen LogP contribution >= 0.6 is 0 Å². The highest BCUT2D eigenvalue weighted by atomic mass is 16.5. The van der Waals surface area contributed by atoms with Gasteiger partial charge >= 0.3 is 0 Å². The Morgan fingerprint density at radius 1 is 1.25 bits per heavy atom. The summed E-state index contributed by atoms with van der Waals surface area (Å²) < 4.78 is 21.5. The van der Waals surface area contributed by atoms with Crippen LogP contribution < -0.4 is 4.74 Å². The first-order valence-electron chi connectivity index (χ1n) is 9.47. The Hall–Kier alpha value is -2.35. The second-order valence-electron chi connectivity index (χ2n) is 6.83. The van der Waals surface area contributed by atoms with E-state index < -0.39 is 0 Å². The Labute approximate surface area is 165 Å². The van der Waals surface area contributed by atoms with Crippen LogP contribution in [0.4, 0.5) is 0 Å². The second-order valence-corrected chi connectivity index (χ2v) is 6.83. The van der Waals surface area contributed by atoms with Gasteiger partial charge in [-0.15, -0.1) is 0 Å². The molecule has 152 valence electrons. The minimum atomic E-state index is -0.0419. The number of ether oxygens (including phenoxy) is 3. The number of nitrogens with zero attached hydrogens (tertiary/aromatic N) is 2. The number of hydrogen-bond donors (Lipinski definition) is 0. The van der Waals surface area contributed by atoms with E-state index in [2.05, 4.69) is 4.90 Å². The highest BCUT2D eigenvalue weighted by Crippen LogP contribution is 2.16. The predicted octanol–water partition coefficient (Wildman–Crippen LogP) is 2.28. The molecule has 7 heteroatoms. The van der Waals surface area contributed by atoms with Crippen LogP contribution in [0, 0.1) is 0 Å². The zero-order valence-corrected chi connectivity index (χ0v) is 16.5. The number of amides is 1. The Morgan fingerprint density at radius 3 is 2.75 bits per heavy atom. The van der Waals surface area contributed by atoms with Crippen LogP contribution in [0.5, 0.6) is 5.75 Å². The summed E-state index contributed by atoms with van der Waals surface area (Å²) in [5, 5.41) is 0. The average Bonchev–Trinajstić information content (AvgIpc) is 3.24. The molecule has 28 heavy (non-hydrogen) atoms. The number of carbonyl (C=O) groups is 1. The first-order chi connectivity index (χ1) is 13.7. The molecule has 1 aliphatic rings. The smallest absolute Gasteiger partial charge is 0.254 e. The average molecular weight is 388 g/mol. The Kier molecular flexibility index (Phi) is 7.47. The van der Waals surface area contributed by atoms with E-state index in [4.69, 9.17) is 18.6 Å². The standard InChI is InChI=1S/C21H28N2O5/c1-25-11-9-23(21(24)18-3-5-19(26-2)6-4-18)15-20-14-22(8-12-28-20)13-17-7-10-27-16-17/h3-7,10,16,20H,8-9,11-15H2,1-2H3. The molecule has 1 fully saturated rings. The molecular weight excluding hydrogens is 360 g/mol. The van der Waals surface area contributed by atoms with Crippen molar-refractivity contribution in [3.8, 4) is 5.75 Å². The lowest BCUT2D eigenvalue weighted by atomic mass is 10.1. The fraction of sp³-hybridized carbons (Fsp3) is 0.476. The summed E-state index contributed by atoms with van der Waals surface area (Å²) in [6.07, 6.45) is 3.41. The van der Waals surface area contributed by atoms with Crippen LogP contribution in [0.3, 0.4) is 0 Å². The van der Waals surface area contributed by atoms with Crippen molar-refractivity contribution in [2.45, 2.75) is 12.6 Å². The summed E-state index contributed by atoms with van der Waals surface area (Å²) in [5.74, 6) is 0.695. The predicted molar refractivity (Wildman–Crippen MR) is 104 cm³/mol. The maximum atomic E-state index is 13.0. The molecule has 0 saturated carbocycles. The van der Waals surface area contributed by atoms with E-state index in [-0.39, 0.29) is 12.0 Å². The second kappa shape index (κ2) is 10.3. The Balaban J connectivity index is 1.62. The van der Waals surface area contributed by atoms with Gasteiger partial charge in [0.15, 0.2) is 0 Å². The largest absolute Gasteiger partial charge is 0.497 e. The summed E-state index contributed by atoms with van der Waals surface area (Å²) in [7, 11) is 3.25. The molecule has 0 spiro atoms. The number of benzene rings is 1. The lowest BCUT2D eigenvalue weighted by Gasteiger charge is -2.35. The molecule has 7 nitrogen and oxygen atoms in total. The van der Waals surface area contributed by atoms with Gasteiger partial charge in [-0.3, -0.25) is 9.69 Å². The minimum absolute atomic E-state index is 0.0322. The molecule has 0 aliphatic carbocycles. The Bertz CT molecular complexity index is 717. The van der Waals surface area contributed by atoms with Gasteiger partial charge in [0.05, 0.1) is 39.0 Å². The Morgan fingerprint density at radius 2 is 2.07 bits per heavy atom. The van der Waals surface area contributed by atoms with E-state index in [1.165, 1.54) is 0 Å². The number of carbonyl (C=O) groups excluding carboxylic acids is 1. The van der Waals surface area contributed by atoms with Crippen LogP contribution in [-0.4, -0.2) is 75.4 Å². The molecular formula is C21H28N2O5. The molecule has 2 heterocycles. The van der Waals surface area contributed by atoms with Crippen LogP contribution in [-0.2, 0) is 16.0 Å². The molecule has 1 atom stereocenters. The van der Waals surface area contributed by atoms with Crippen molar-refractivity contribution in [2.75, 3.05) is 53.6 Å². The fourth-order valence-electron chi connectivity index (χ4n) is 3.31. The van der Waals surface area contributed by atoms with E-state index in [0.717, 1.165) is 30.9 Å². The van der Waals surface area contributed by atoms with Crippen molar-refractivity contribution < 1.29 is 23.4 Å². The van der Waals surface area contributed by atoms with Gasteiger partial charge in [-0.1, -0.05) is 0 Å². The number of hydrogen-bond acceptors (Lipinski definition) is 6. The number of morpholine rings is 1. The van der Waals surface area contributed by atoms with Crippen molar-refractivity contribution in [3.63, 3.8) is 0 Å². The first-order valence-corrected chi connectivity index (χ1v) is 9.47. The van der Waals surface area contributed by atoms with E-state index in [0.29, 0.717) is 31.9 Å². The maximum absolute atomic E-state index is 13.0. The van der Waals surface area contributed by atoms with Crippen LogP contribution in [0.2, 0.25) is 0 Å². The monoisotopic (exact) mass is 388 g/mol. The third kappa shape index (κ3) is 5.58. The fourth-order valence-corrected chi connectivity index (χ4v) is 3.31. The molecule has 1 saturated heterocycles. The molecule has 0 radical (unpaired) electrons. The quantitative estimate of drug-likeness (QED) is 0.657. The molecule has 2 aromatic rings. The highest BCUT2D eigenvalue weighted by molar-refractivity contribution is 5.94. The van der Waals surface area contributed by atoms with Crippen molar-refractivity contribution in [1.29, 1.82) is 0 Å². The van der Waals surface area contributed by atoms with Crippen molar-refractivity contribution in [3.05, 3.63) is 54.0 Å². The third-order valence-electron chi connectivity index (χ3n) is 4.82. The molecule has 1 unspecified atom stereocenters. The van der Waals surface area contributed by atoms with Gasteiger partial charge in [-0.25, -0.2) is 0 Å². The number of methoxy groups -OCH3 is 2. The zero-order valence-electron chi connectivity index (χ0n) is 16.5. The van der Waals surface area contributed by atoms with Crippen LogP contribution in [0.15, 0.2) is 47.3 Å². The highest BCUT2D eigenvalue weighted by Gasteiger charge is 2.25. The molecule has 1 aromatic heterocycles. The van der Waals surface area contributed by atoms with Crippen molar-refractivity contribution >= 4 is 5.91 Å². The topological polar surface area (TPSA) is 64.4 Å². The molecule has 1 aliphatic heterocycles. The van der Waals surface area contributed by atoms with Gasteiger partial charge in [-0.2, -0.15) is 0 Å². The van der Waals surface area contributed by atoms with Gasteiger partial charge in [0, 0.05) is 51.0 Å². The zero-order chi connectivity index (χ0) is 19.8. The first kappa shape index (κ1) is 20.4. The molecule has 0 N–H and O–H groups in total. The van der Waals surface area contributed by atoms with E-state index in [1.807, 2.05) is 6.07 Å². The third-order valence-corrected chi connectivity index (χ3v) is 4.82. The SMILES string of the molecule is COCCN(CC1CN(Cc2ccoc2)CCO1)C(=O)c1ccc(OC)cc1. The van der Waals surface area contributed by atoms with Gasteiger partial charge in [0.1, 0.15) is 5.75 Å². The lowest BCUT2D eigenvalue weighted by molar-refractivity contribution is -0.0444. The molecule has 1 amide bonds. The van der Waals surface area contributed by atoms with Gasteiger partial charge in [0.2, 0.25) is 0 Å². The van der Waals surface area contributed by atoms with Crippen LogP contribution in [0.25, 0.3) is 0 Å². The van der Waals surface area contributed by atoms with E-state index >= 15 is 0 Å². The minimum Gasteiger partial charge on any atom is -0.497 e. The van der Waals surface area contributed by atoms with Crippen molar-refractivity contribution in [1.82, 2.24) is 9.80 Å². The normalized spacial score (nSPS) is 17.4. The molecule has 0 bridgehead atoms. The van der Waals surface area contributed by atoms with Gasteiger partial charge < -0.3 is 23.5 Å². The summed E-state index contributed by atoms with van der Waals surface area (Å²) >= 11 is 0. The maximum Gasteiger partial charge on any atom is 0.254 e. The molecule has 3 rings (SSSR count). The summed E-state index contributed by atoms with van der Waals surface area (Å²) in [5.41, 5.74) is 1.77. The molecule has 1 aromatic carbocycles. The van der Waals surface area contributed by atoms with Crippen molar-refractivity contribution in [2.24, 2.45) is 0 Å². The lowest BCUT2D eigenvalue weighted by Crippen LogP contribution is -2.49. The van der Waals surface area contributed by atoms with Gasteiger partial charge in [-0.05, 0) is 30.3 Å². The summed E-state index contributed by atoms with van der Waals surface area (Å²) in [6.45, 7) is 4.63. The summed E-state index contributed by atoms with van der Waals surface area (Å²) in [6, 6.07) is 9.14. The van der Waals surface area contributed by atoms with E-state index in [9.17, 15) is 4.79 Å². The van der Waals surface area contributed by atoms with Crippen LogP contribution in [0.1, 0.15) is 15.9 Å². The van der Waals surface area contributed by atoms with Gasteiger partial charge in [0.25, 0.3) is 5.91 Å². The number of furan rings is 1. The van der Waals surface area contributed by atoms with E-state index in [1.54, 1.807) is 55.9 Å². The number of rotatable bonds is 9.